The molecule has 0 radical (unpaired) electrons. The van der Waals surface area contributed by atoms with Crippen LogP contribution in [-0.2, 0) is 6.18 Å². The van der Waals surface area contributed by atoms with E-state index in [0.29, 0.717) is 21.2 Å². The summed E-state index contributed by atoms with van der Waals surface area (Å²) in [6.45, 7) is 0. The minimum Gasteiger partial charge on any atom is -0.493 e. The highest BCUT2D eigenvalue weighted by atomic mass is 35.5. The maximum Gasteiger partial charge on any atom is 0.434 e. The van der Waals surface area contributed by atoms with Gasteiger partial charge in [0.1, 0.15) is 0 Å². The minimum atomic E-state index is -4.82. The zero-order chi connectivity index (χ0) is 23.6. The van der Waals surface area contributed by atoms with Crippen molar-refractivity contribution in [2.75, 3.05) is 12.4 Å². The summed E-state index contributed by atoms with van der Waals surface area (Å²) < 4.78 is 53.7. The van der Waals surface area contributed by atoms with Gasteiger partial charge in [0.2, 0.25) is 0 Å². The number of carbonyl (C=O) groups excluding carboxylic acids is 1. The number of halogens is 4. The van der Waals surface area contributed by atoms with Crippen molar-refractivity contribution >= 4 is 23.2 Å². The van der Waals surface area contributed by atoms with Crippen LogP contribution in [0.25, 0.3) is 5.69 Å². The summed E-state index contributed by atoms with van der Waals surface area (Å²) in [6.07, 6.45) is 0.0879. The van der Waals surface area contributed by atoms with Gasteiger partial charge in [0.05, 0.1) is 30.7 Å². The largest absolute Gasteiger partial charge is 0.493 e. The maximum atomic E-state index is 13.9. The van der Waals surface area contributed by atoms with Crippen LogP contribution in [0.15, 0.2) is 48.7 Å². The first-order chi connectivity index (χ1) is 15.8. The van der Waals surface area contributed by atoms with Gasteiger partial charge in [0, 0.05) is 16.8 Å². The van der Waals surface area contributed by atoms with Crippen molar-refractivity contribution in [1.82, 2.24) is 9.78 Å². The molecule has 0 spiro atoms. The monoisotopic (exact) mass is 479 g/mol. The molecule has 33 heavy (non-hydrogen) atoms. The molecule has 2 aromatic carbocycles. The van der Waals surface area contributed by atoms with Crippen molar-refractivity contribution in [2.24, 2.45) is 0 Å². The number of rotatable bonds is 6. The first-order valence-corrected chi connectivity index (χ1v) is 10.7. The summed E-state index contributed by atoms with van der Waals surface area (Å²) in [5, 5.41) is 6.69. The van der Waals surface area contributed by atoms with Crippen LogP contribution in [0.5, 0.6) is 11.5 Å². The van der Waals surface area contributed by atoms with Gasteiger partial charge in [-0.05, 0) is 62.1 Å². The molecule has 1 amide bonds. The second kappa shape index (κ2) is 9.35. The number of hydrogen-bond acceptors (Lipinski definition) is 4. The van der Waals surface area contributed by atoms with Crippen LogP contribution < -0.4 is 14.8 Å². The average molecular weight is 480 g/mol. The summed E-state index contributed by atoms with van der Waals surface area (Å²) >= 11 is 5.83. The highest BCUT2D eigenvalue weighted by Crippen LogP contribution is 2.36. The van der Waals surface area contributed by atoms with E-state index >= 15 is 0 Å². The van der Waals surface area contributed by atoms with Gasteiger partial charge < -0.3 is 14.8 Å². The molecule has 0 aliphatic heterocycles. The Morgan fingerprint density at radius 1 is 1.12 bits per heavy atom. The molecule has 174 valence electrons. The standard InChI is InChI=1S/C23H21ClF3N3O3/c1-32-19-11-8-15(12-20(19)33-17-4-2-3-5-17)29-22(31)18-13-28-30(21(18)23(25,26)27)16-9-6-14(24)7-10-16/h6-13,17H,2-5H2,1H3,(H,29,31). The van der Waals surface area contributed by atoms with E-state index in [1.54, 1.807) is 12.1 Å². The molecule has 1 fully saturated rings. The van der Waals surface area contributed by atoms with E-state index < -0.39 is 23.3 Å². The third kappa shape index (κ3) is 5.08. The lowest BCUT2D eigenvalue weighted by atomic mass is 10.2. The molecule has 1 heterocycles. The Balaban J connectivity index is 1.63. The quantitative estimate of drug-likeness (QED) is 0.462. The van der Waals surface area contributed by atoms with E-state index in [1.165, 1.54) is 37.4 Å². The Morgan fingerprint density at radius 3 is 2.45 bits per heavy atom. The fourth-order valence-electron chi connectivity index (χ4n) is 3.80. The predicted octanol–water partition coefficient (Wildman–Crippen LogP) is 6.13. The molecule has 0 saturated heterocycles. The summed E-state index contributed by atoms with van der Waals surface area (Å²) in [5.74, 6) is -0.0407. The smallest absolute Gasteiger partial charge is 0.434 e. The van der Waals surface area contributed by atoms with Crippen LogP contribution in [0, 0.1) is 0 Å². The minimum absolute atomic E-state index is 0.0410. The van der Waals surface area contributed by atoms with Gasteiger partial charge in [0.15, 0.2) is 17.2 Å². The number of alkyl halides is 3. The van der Waals surface area contributed by atoms with Crippen molar-refractivity contribution in [1.29, 1.82) is 0 Å². The molecule has 1 N–H and O–H groups in total. The number of benzene rings is 2. The number of methoxy groups -OCH3 is 1. The van der Waals surface area contributed by atoms with Crippen molar-refractivity contribution in [3.63, 3.8) is 0 Å². The average Bonchev–Trinajstić information content (AvgIpc) is 3.44. The lowest BCUT2D eigenvalue weighted by Gasteiger charge is -2.17. The van der Waals surface area contributed by atoms with Gasteiger partial charge in [-0.2, -0.15) is 18.3 Å². The van der Waals surface area contributed by atoms with Crippen molar-refractivity contribution in [3.05, 3.63) is 64.9 Å². The van der Waals surface area contributed by atoms with E-state index in [9.17, 15) is 18.0 Å². The molecule has 1 aromatic heterocycles. The molecular formula is C23H21ClF3N3O3. The number of carbonyl (C=O) groups is 1. The number of nitrogens with one attached hydrogen (secondary N) is 1. The number of aromatic nitrogens is 2. The van der Waals surface area contributed by atoms with Crippen LogP contribution in [0.4, 0.5) is 18.9 Å². The lowest BCUT2D eigenvalue weighted by Crippen LogP contribution is -2.20. The Kier molecular flexibility index (Phi) is 6.51. The van der Waals surface area contributed by atoms with Crippen LogP contribution in [0.1, 0.15) is 41.7 Å². The fourth-order valence-corrected chi connectivity index (χ4v) is 3.92. The Hall–Kier alpha value is -3.20. The molecule has 3 aromatic rings. The molecule has 1 aliphatic rings. The fraction of sp³-hybridized carbons (Fsp3) is 0.304. The predicted molar refractivity (Wildman–Crippen MR) is 117 cm³/mol. The van der Waals surface area contributed by atoms with Gasteiger partial charge >= 0.3 is 6.18 Å². The van der Waals surface area contributed by atoms with Crippen molar-refractivity contribution in [2.45, 2.75) is 38.0 Å². The third-order valence-electron chi connectivity index (χ3n) is 5.37. The molecule has 10 heteroatoms. The van der Waals surface area contributed by atoms with Gasteiger partial charge in [0.25, 0.3) is 5.91 Å². The second-order valence-corrected chi connectivity index (χ2v) is 8.07. The van der Waals surface area contributed by atoms with Gasteiger partial charge in [-0.15, -0.1) is 0 Å². The molecule has 0 atom stereocenters. The number of hydrogen-bond donors (Lipinski definition) is 1. The molecule has 0 unspecified atom stereocenters. The second-order valence-electron chi connectivity index (χ2n) is 7.64. The van der Waals surface area contributed by atoms with Gasteiger partial charge in [-0.25, -0.2) is 4.68 Å². The Labute approximate surface area is 193 Å². The third-order valence-corrected chi connectivity index (χ3v) is 5.62. The van der Waals surface area contributed by atoms with Crippen molar-refractivity contribution < 1.29 is 27.4 Å². The lowest BCUT2D eigenvalue weighted by molar-refractivity contribution is -0.143. The molecule has 1 saturated carbocycles. The van der Waals surface area contributed by atoms with Crippen LogP contribution >= 0.6 is 11.6 Å². The highest BCUT2D eigenvalue weighted by molar-refractivity contribution is 6.30. The van der Waals surface area contributed by atoms with Crippen LogP contribution in [0.2, 0.25) is 5.02 Å². The Bertz CT molecular complexity index is 1140. The number of nitrogens with zero attached hydrogens (tertiary/aromatic N) is 2. The number of ether oxygens (including phenoxy) is 2. The van der Waals surface area contributed by atoms with Crippen molar-refractivity contribution in [3.8, 4) is 17.2 Å². The van der Waals surface area contributed by atoms with Gasteiger partial charge in [-0.3, -0.25) is 4.79 Å². The molecule has 6 nitrogen and oxygen atoms in total. The van der Waals surface area contributed by atoms with E-state index in [1.807, 2.05) is 0 Å². The SMILES string of the molecule is COc1ccc(NC(=O)c2cnn(-c3ccc(Cl)cc3)c2C(F)(F)F)cc1OC1CCCC1. The topological polar surface area (TPSA) is 65.4 Å². The zero-order valence-electron chi connectivity index (χ0n) is 17.7. The molecule has 1 aliphatic carbocycles. The number of anilines is 1. The van der Waals surface area contributed by atoms with E-state index in [0.717, 1.165) is 31.9 Å². The number of amides is 1. The summed E-state index contributed by atoms with van der Waals surface area (Å²) in [6, 6.07) is 10.4. The van der Waals surface area contributed by atoms with Crippen LogP contribution in [-0.4, -0.2) is 28.9 Å². The van der Waals surface area contributed by atoms with E-state index in [2.05, 4.69) is 10.4 Å². The van der Waals surface area contributed by atoms with Crippen LogP contribution in [0.3, 0.4) is 0 Å². The normalized spacial score (nSPS) is 14.3. The molecular weight excluding hydrogens is 459 g/mol. The summed E-state index contributed by atoms with van der Waals surface area (Å²) in [4.78, 5) is 12.8. The first-order valence-electron chi connectivity index (χ1n) is 10.3. The van der Waals surface area contributed by atoms with Gasteiger partial charge in [-0.1, -0.05) is 11.6 Å². The zero-order valence-corrected chi connectivity index (χ0v) is 18.4. The maximum absolute atomic E-state index is 13.9. The molecule has 4 rings (SSSR count). The summed E-state index contributed by atoms with van der Waals surface area (Å²) in [5.41, 5.74) is -1.38. The Morgan fingerprint density at radius 2 is 1.82 bits per heavy atom. The van der Waals surface area contributed by atoms with E-state index in [4.69, 9.17) is 21.1 Å². The highest BCUT2D eigenvalue weighted by Gasteiger charge is 2.40. The van der Waals surface area contributed by atoms with E-state index in [-0.39, 0.29) is 17.5 Å². The molecule has 0 bridgehead atoms. The first kappa shape index (κ1) is 23.0. The summed E-state index contributed by atoms with van der Waals surface area (Å²) in [7, 11) is 1.50.